The number of fused-ring (bicyclic) bond motifs is 3. The van der Waals surface area contributed by atoms with E-state index in [0.29, 0.717) is 22.6 Å². The zero-order valence-corrected chi connectivity index (χ0v) is 38.9. The van der Waals surface area contributed by atoms with Gasteiger partial charge in [-0.1, -0.05) is 83.8 Å². The molecule has 0 aliphatic heterocycles. The number of hydrogen-bond acceptors (Lipinski definition) is 4. The Morgan fingerprint density at radius 3 is 1.61 bits per heavy atom. The van der Waals surface area contributed by atoms with Gasteiger partial charge in [-0.2, -0.15) is 0 Å². The highest BCUT2D eigenvalue weighted by Gasteiger charge is 2.36. The van der Waals surface area contributed by atoms with Gasteiger partial charge in [-0.15, -0.1) is 0 Å². The lowest BCUT2D eigenvalue weighted by Gasteiger charge is -2.41. The number of nitrogens with one attached hydrogen (secondary N) is 6. The number of halogens is 4. The third-order valence-corrected chi connectivity index (χ3v) is 13.5. The molecule has 358 valence electrons. The van der Waals surface area contributed by atoms with Crippen LogP contribution in [0.15, 0.2) is 72.8 Å². The fraction of sp³-hybridized carbons (Fsp3) is 0.453. The number of ether oxygens (including phenoxy) is 1. The van der Waals surface area contributed by atoms with E-state index in [9.17, 15) is 31.9 Å². The van der Waals surface area contributed by atoms with Gasteiger partial charge in [-0.05, 0) is 99.7 Å². The maximum Gasteiger partial charge on any atom is 0.268 e. The molecule has 2 unspecified atom stereocenters. The second kappa shape index (κ2) is 22.2. The standard InChI is InChI=1S/C20H26N2O2.C17H20F2N2O.C16H18F2N2O/c1-5-20(11-13(2)8-14(3)12-20)22-19(23)18-9-15-6-7-16(24-4)10-17(15)21-18;18-11-8-14(19)13-10-16(21-15(13)9-11)17(22)20-12-6-4-2-1-3-5-7-12;17-10-7-13(18)12-9-15(20-14(12)8-10)16(21)19-11-5-3-1-2-4-6-11/h6-7,9-10,14,21H,2,5,8,11-12H2,1,3-4H3,(H,22,23);8-10,12,21H,1-7H2,(H,20,22);7-9,11,20H,1-6H2,(H,19,21). The molecular weight excluding hydrogens is 861 g/mol. The summed E-state index contributed by atoms with van der Waals surface area (Å²) in [5, 5.41) is 10.8. The highest BCUT2D eigenvalue weighted by Crippen LogP contribution is 2.37. The molecule has 0 radical (unpaired) electrons. The number of benzene rings is 3. The molecule has 10 nitrogen and oxygen atoms in total. The maximum atomic E-state index is 13.7. The second-order valence-corrected chi connectivity index (χ2v) is 18.9. The number of rotatable bonds is 8. The number of hydrogen-bond donors (Lipinski definition) is 6. The Labute approximate surface area is 389 Å². The van der Waals surface area contributed by atoms with Gasteiger partial charge in [0, 0.05) is 57.5 Å². The van der Waals surface area contributed by atoms with Gasteiger partial charge in [0.15, 0.2) is 0 Å². The van der Waals surface area contributed by atoms with Crippen molar-refractivity contribution < 1.29 is 36.7 Å². The summed E-state index contributed by atoms with van der Waals surface area (Å²) in [6.45, 7) is 8.54. The van der Waals surface area contributed by atoms with E-state index < -0.39 is 23.3 Å². The van der Waals surface area contributed by atoms with Gasteiger partial charge < -0.3 is 35.6 Å². The lowest BCUT2D eigenvalue weighted by Crippen LogP contribution is -2.51. The highest BCUT2D eigenvalue weighted by atomic mass is 19.1. The molecule has 2 atom stereocenters. The van der Waals surface area contributed by atoms with Crippen LogP contribution in [0.2, 0.25) is 0 Å². The number of carbonyl (C=O) groups excluding carboxylic acids is 3. The summed E-state index contributed by atoms with van der Waals surface area (Å²) < 4.78 is 58.9. The molecule has 3 aromatic carbocycles. The largest absolute Gasteiger partial charge is 0.497 e. The zero-order chi connectivity index (χ0) is 47.7. The Morgan fingerprint density at radius 2 is 1.13 bits per heavy atom. The van der Waals surface area contributed by atoms with Crippen molar-refractivity contribution in [3.05, 3.63) is 113 Å². The molecule has 6 N–H and O–H groups in total. The monoisotopic (exact) mass is 924 g/mol. The number of carbonyl (C=O) groups is 3. The first-order valence-electron chi connectivity index (χ1n) is 23.9. The van der Waals surface area contributed by atoms with E-state index in [1.807, 2.05) is 24.3 Å². The average molecular weight is 925 g/mol. The van der Waals surface area contributed by atoms with Gasteiger partial charge in [0.05, 0.1) is 18.1 Å². The van der Waals surface area contributed by atoms with Crippen molar-refractivity contribution in [2.75, 3.05) is 7.11 Å². The third kappa shape index (κ3) is 12.7. The van der Waals surface area contributed by atoms with Crippen LogP contribution in [0.1, 0.15) is 154 Å². The number of methoxy groups -OCH3 is 1. The van der Waals surface area contributed by atoms with E-state index in [1.54, 1.807) is 7.11 Å². The fourth-order valence-electron chi connectivity index (χ4n) is 10.1. The van der Waals surface area contributed by atoms with Crippen LogP contribution < -0.4 is 20.7 Å². The summed E-state index contributed by atoms with van der Waals surface area (Å²) in [6.07, 6.45) is 18.4. The fourth-order valence-corrected chi connectivity index (χ4v) is 10.1. The minimum absolute atomic E-state index is 0.0473. The molecule has 9 rings (SSSR count). The van der Waals surface area contributed by atoms with Crippen molar-refractivity contribution >= 4 is 50.4 Å². The smallest absolute Gasteiger partial charge is 0.268 e. The first-order chi connectivity index (χ1) is 32.2. The molecule has 14 heteroatoms. The summed E-state index contributed by atoms with van der Waals surface area (Å²) in [4.78, 5) is 46.2. The van der Waals surface area contributed by atoms with Gasteiger partial charge >= 0.3 is 0 Å². The van der Waals surface area contributed by atoms with E-state index in [4.69, 9.17) is 4.74 Å². The van der Waals surface area contributed by atoms with Gasteiger partial charge in [0.1, 0.15) is 46.1 Å². The number of H-pyrrole nitrogens is 3. The zero-order valence-electron chi connectivity index (χ0n) is 38.9. The molecule has 3 aliphatic carbocycles. The van der Waals surface area contributed by atoms with E-state index >= 15 is 0 Å². The Morgan fingerprint density at radius 1 is 0.657 bits per heavy atom. The molecule has 3 fully saturated rings. The molecule has 6 aromatic rings. The Bertz CT molecular complexity index is 2690. The van der Waals surface area contributed by atoms with E-state index in [2.05, 4.69) is 51.3 Å². The molecular formula is C53H64F4N6O4. The Balaban J connectivity index is 0.000000149. The van der Waals surface area contributed by atoms with Gasteiger partial charge in [-0.25, -0.2) is 17.6 Å². The quantitative estimate of drug-likeness (QED) is 0.0513. The van der Waals surface area contributed by atoms with Crippen molar-refractivity contribution in [2.24, 2.45) is 5.92 Å². The topological polar surface area (TPSA) is 144 Å². The van der Waals surface area contributed by atoms with E-state index in [0.717, 1.165) is 106 Å². The van der Waals surface area contributed by atoms with Crippen molar-refractivity contribution in [1.82, 2.24) is 30.9 Å². The summed E-state index contributed by atoms with van der Waals surface area (Å²) in [5.41, 5.74) is 3.72. The van der Waals surface area contributed by atoms with Crippen molar-refractivity contribution in [1.29, 1.82) is 0 Å². The van der Waals surface area contributed by atoms with Crippen molar-refractivity contribution in [3.8, 4) is 5.75 Å². The predicted octanol–water partition coefficient (Wildman–Crippen LogP) is 12.6. The average Bonchev–Trinajstić information content (AvgIpc) is 3.98. The lowest BCUT2D eigenvalue weighted by molar-refractivity contribution is 0.0857. The molecule has 3 saturated carbocycles. The van der Waals surface area contributed by atoms with Gasteiger partial charge in [0.25, 0.3) is 17.7 Å². The van der Waals surface area contributed by atoms with Crippen LogP contribution >= 0.6 is 0 Å². The summed E-state index contributed by atoms with van der Waals surface area (Å²) >= 11 is 0. The lowest BCUT2D eigenvalue weighted by atomic mass is 9.73. The number of aromatic nitrogens is 3. The number of amides is 3. The highest BCUT2D eigenvalue weighted by molar-refractivity contribution is 6.00. The molecule has 67 heavy (non-hydrogen) atoms. The molecule has 3 aliphatic rings. The van der Waals surface area contributed by atoms with Gasteiger partial charge in [-0.3, -0.25) is 14.4 Å². The number of aromatic amines is 3. The first-order valence-corrected chi connectivity index (χ1v) is 23.9. The summed E-state index contributed by atoms with van der Waals surface area (Å²) in [7, 11) is 1.64. The van der Waals surface area contributed by atoms with Crippen LogP contribution in [0.25, 0.3) is 32.7 Å². The molecule has 0 spiro atoms. The SMILES string of the molecule is C=C1CC(C)CC(CC)(NC(=O)c2cc3ccc(OC)cc3[nH]2)C1.O=C(NC1CCCCCC1)c1cc2c(F)cc(F)cc2[nH]1.O=C(NC1CCCCCCC1)c1cc2c(F)cc(F)cc2[nH]1. The molecule has 0 bridgehead atoms. The van der Waals surface area contributed by atoms with Crippen LogP contribution in [0.4, 0.5) is 17.6 Å². The van der Waals surface area contributed by atoms with Crippen LogP contribution in [-0.2, 0) is 0 Å². The molecule has 3 amide bonds. The van der Waals surface area contributed by atoms with Crippen LogP contribution in [0.5, 0.6) is 5.75 Å². The Kier molecular flexibility index (Phi) is 16.2. The van der Waals surface area contributed by atoms with Gasteiger partial charge in [0.2, 0.25) is 0 Å². The van der Waals surface area contributed by atoms with Crippen LogP contribution in [0, 0.1) is 29.2 Å². The van der Waals surface area contributed by atoms with Crippen molar-refractivity contribution in [2.45, 2.75) is 141 Å². The first kappa shape index (κ1) is 48.9. The van der Waals surface area contributed by atoms with Crippen LogP contribution in [-0.4, -0.2) is 57.4 Å². The Hall–Kier alpha value is -6.05. The maximum absolute atomic E-state index is 13.7. The summed E-state index contributed by atoms with van der Waals surface area (Å²) in [6, 6.07) is 14.9. The van der Waals surface area contributed by atoms with E-state index in [1.165, 1.54) is 61.9 Å². The molecule has 0 saturated heterocycles. The third-order valence-electron chi connectivity index (χ3n) is 13.5. The van der Waals surface area contributed by atoms with E-state index in [-0.39, 0.29) is 57.5 Å². The minimum atomic E-state index is -0.658. The predicted molar refractivity (Wildman–Crippen MR) is 256 cm³/mol. The van der Waals surface area contributed by atoms with Crippen LogP contribution in [0.3, 0.4) is 0 Å². The second-order valence-electron chi connectivity index (χ2n) is 18.9. The molecule has 3 aromatic heterocycles. The molecule has 3 heterocycles. The van der Waals surface area contributed by atoms with Crippen molar-refractivity contribution in [3.63, 3.8) is 0 Å². The minimum Gasteiger partial charge on any atom is -0.497 e. The summed E-state index contributed by atoms with van der Waals surface area (Å²) in [5.74, 6) is -1.84. The normalized spacial score (nSPS) is 19.6.